The van der Waals surface area contributed by atoms with Gasteiger partial charge in [0.2, 0.25) is 0 Å². The van der Waals surface area contributed by atoms with Crippen molar-refractivity contribution in [3.63, 3.8) is 0 Å². The summed E-state index contributed by atoms with van der Waals surface area (Å²) in [6.07, 6.45) is 4.54. The lowest BCUT2D eigenvalue weighted by Gasteiger charge is -2.25. The molecule has 0 aliphatic heterocycles. The lowest BCUT2D eigenvalue weighted by Crippen LogP contribution is -2.09. The molecule has 0 saturated carbocycles. The van der Waals surface area contributed by atoms with E-state index >= 15 is 0 Å². The van der Waals surface area contributed by atoms with Gasteiger partial charge < -0.3 is 9.80 Å². The molecule has 258 valence electrons. The first-order chi connectivity index (χ1) is 26.8. The minimum Gasteiger partial charge on any atom is -0.311 e. The monoisotopic (exact) mass is 692 g/mol. The van der Waals surface area contributed by atoms with Crippen molar-refractivity contribution in [3.8, 4) is 0 Å². The minimum atomic E-state index is 1.10. The highest BCUT2D eigenvalue weighted by molar-refractivity contribution is 5.88. The molecule has 0 unspecified atom stereocenters. The quantitative estimate of drug-likeness (QED) is 0.125. The van der Waals surface area contributed by atoms with E-state index in [0.717, 1.165) is 67.5 Å². The summed E-state index contributed by atoms with van der Waals surface area (Å²) in [7, 11) is 0. The summed E-state index contributed by atoms with van der Waals surface area (Å²) in [5.41, 5.74) is 13.6. The van der Waals surface area contributed by atoms with E-state index in [2.05, 4.69) is 252 Å². The summed E-state index contributed by atoms with van der Waals surface area (Å²) in [5.74, 6) is 0. The highest BCUT2D eigenvalue weighted by Crippen LogP contribution is 2.37. The van der Waals surface area contributed by atoms with E-state index in [1.807, 2.05) is 0 Å². The molecule has 8 rings (SSSR count). The standard InChI is InChI=1S/C52H40N2/c1-7-19-41(20-8-1)51(43-31-35-49(36-32-43)53(45-23-11-3-12-24-45)46-25-13-4-14-26-46)39-40-52(42-21-9-2-10-22-42)44-33-37-50(38-34-44)54(47-27-15-5-16-28-47)48-29-17-6-18-30-48/h1-40H. The zero-order valence-electron chi connectivity index (χ0n) is 30.0. The lowest BCUT2D eigenvalue weighted by atomic mass is 9.93. The van der Waals surface area contributed by atoms with Gasteiger partial charge in [-0.25, -0.2) is 0 Å². The largest absolute Gasteiger partial charge is 0.311 e. The molecule has 0 spiro atoms. The predicted octanol–water partition coefficient (Wildman–Crippen LogP) is 14.2. The summed E-state index contributed by atoms with van der Waals surface area (Å²) in [6, 6.07) is 81.3. The Morgan fingerprint density at radius 1 is 0.222 bits per heavy atom. The zero-order chi connectivity index (χ0) is 36.4. The fourth-order valence-electron chi connectivity index (χ4n) is 6.90. The topological polar surface area (TPSA) is 6.48 Å². The normalized spacial score (nSPS) is 11.6. The third-order valence-corrected chi connectivity index (χ3v) is 9.52. The molecule has 0 amide bonds. The van der Waals surface area contributed by atoms with Crippen molar-refractivity contribution < 1.29 is 0 Å². The molecule has 54 heavy (non-hydrogen) atoms. The van der Waals surface area contributed by atoms with Gasteiger partial charge in [-0.15, -0.1) is 0 Å². The van der Waals surface area contributed by atoms with Crippen molar-refractivity contribution in [2.24, 2.45) is 0 Å². The van der Waals surface area contributed by atoms with Crippen LogP contribution in [0.25, 0.3) is 11.1 Å². The number of anilines is 6. The summed E-state index contributed by atoms with van der Waals surface area (Å²) in [4.78, 5) is 4.59. The van der Waals surface area contributed by atoms with Crippen LogP contribution in [-0.2, 0) is 0 Å². The first-order valence-corrected chi connectivity index (χ1v) is 18.4. The molecule has 0 bridgehead atoms. The van der Waals surface area contributed by atoms with Gasteiger partial charge >= 0.3 is 0 Å². The van der Waals surface area contributed by atoms with Gasteiger partial charge in [-0.1, -0.05) is 170 Å². The van der Waals surface area contributed by atoms with Gasteiger partial charge in [0.05, 0.1) is 0 Å². The molecule has 0 aromatic heterocycles. The van der Waals surface area contributed by atoms with E-state index < -0.39 is 0 Å². The molecule has 2 nitrogen and oxygen atoms in total. The van der Waals surface area contributed by atoms with Crippen molar-refractivity contribution in [3.05, 3.63) is 265 Å². The number of hydrogen-bond donors (Lipinski definition) is 0. The van der Waals surface area contributed by atoms with Crippen LogP contribution in [-0.4, -0.2) is 0 Å². The van der Waals surface area contributed by atoms with E-state index in [1.54, 1.807) is 0 Å². The fraction of sp³-hybridized carbons (Fsp3) is 0. The molecule has 0 saturated heterocycles. The highest BCUT2D eigenvalue weighted by Gasteiger charge is 2.15. The SMILES string of the molecule is C(C=C(c1ccccc1)c1ccc(N(c2ccccc2)c2ccccc2)cc1)=C(c1ccccc1)c1ccc(N(c2ccccc2)c2ccccc2)cc1. The number of nitrogens with zero attached hydrogens (tertiary/aromatic N) is 2. The molecule has 0 fully saturated rings. The van der Waals surface area contributed by atoms with Gasteiger partial charge in [0.15, 0.2) is 0 Å². The molecule has 0 N–H and O–H groups in total. The number of allylic oxidation sites excluding steroid dienone is 2. The predicted molar refractivity (Wildman–Crippen MR) is 229 cm³/mol. The first-order valence-electron chi connectivity index (χ1n) is 18.4. The number of benzene rings is 8. The van der Waals surface area contributed by atoms with Crippen LogP contribution in [0.5, 0.6) is 0 Å². The Morgan fingerprint density at radius 3 is 0.685 bits per heavy atom. The van der Waals surface area contributed by atoms with Crippen LogP contribution in [0.15, 0.2) is 243 Å². The highest BCUT2D eigenvalue weighted by atomic mass is 15.1. The van der Waals surface area contributed by atoms with Crippen molar-refractivity contribution in [2.45, 2.75) is 0 Å². The van der Waals surface area contributed by atoms with Crippen LogP contribution in [0.1, 0.15) is 22.3 Å². The third kappa shape index (κ3) is 7.69. The van der Waals surface area contributed by atoms with Crippen LogP contribution in [0.4, 0.5) is 34.1 Å². The Morgan fingerprint density at radius 2 is 0.426 bits per heavy atom. The van der Waals surface area contributed by atoms with Crippen LogP contribution in [0, 0.1) is 0 Å². The molecule has 0 heterocycles. The van der Waals surface area contributed by atoms with Gasteiger partial charge in [-0.2, -0.15) is 0 Å². The van der Waals surface area contributed by atoms with E-state index in [1.165, 1.54) is 0 Å². The maximum Gasteiger partial charge on any atom is 0.0462 e. The Hall–Kier alpha value is -7.16. The minimum absolute atomic E-state index is 1.10. The Bertz CT molecular complexity index is 2170. The maximum absolute atomic E-state index is 2.30. The molecule has 0 aliphatic carbocycles. The molecular formula is C52H40N2. The summed E-state index contributed by atoms with van der Waals surface area (Å²) in [6.45, 7) is 0. The van der Waals surface area contributed by atoms with Crippen molar-refractivity contribution >= 4 is 45.3 Å². The van der Waals surface area contributed by atoms with Crippen molar-refractivity contribution in [1.82, 2.24) is 0 Å². The van der Waals surface area contributed by atoms with E-state index in [4.69, 9.17) is 0 Å². The van der Waals surface area contributed by atoms with Crippen LogP contribution >= 0.6 is 0 Å². The Kier molecular flexibility index (Phi) is 10.3. The summed E-state index contributed by atoms with van der Waals surface area (Å²) >= 11 is 0. The molecule has 0 radical (unpaired) electrons. The molecule has 0 atom stereocenters. The second kappa shape index (κ2) is 16.5. The van der Waals surface area contributed by atoms with Gasteiger partial charge in [0, 0.05) is 34.1 Å². The third-order valence-electron chi connectivity index (χ3n) is 9.52. The van der Waals surface area contributed by atoms with Crippen molar-refractivity contribution in [1.29, 1.82) is 0 Å². The van der Waals surface area contributed by atoms with E-state index in [-0.39, 0.29) is 0 Å². The fourth-order valence-corrected chi connectivity index (χ4v) is 6.90. The summed E-state index contributed by atoms with van der Waals surface area (Å²) < 4.78 is 0. The molecular weight excluding hydrogens is 653 g/mol. The zero-order valence-corrected chi connectivity index (χ0v) is 30.0. The van der Waals surface area contributed by atoms with Crippen molar-refractivity contribution in [2.75, 3.05) is 9.80 Å². The molecule has 2 heteroatoms. The number of hydrogen-bond acceptors (Lipinski definition) is 2. The molecule has 0 aliphatic rings. The number of para-hydroxylation sites is 4. The summed E-state index contributed by atoms with van der Waals surface area (Å²) in [5, 5.41) is 0. The van der Waals surface area contributed by atoms with Gasteiger partial charge in [0.25, 0.3) is 0 Å². The molecule has 8 aromatic carbocycles. The van der Waals surface area contributed by atoms with E-state index in [0.29, 0.717) is 0 Å². The smallest absolute Gasteiger partial charge is 0.0462 e. The van der Waals surface area contributed by atoms with Gasteiger partial charge in [-0.3, -0.25) is 0 Å². The average Bonchev–Trinajstić information content (AvgIpc) is 3.26. The van der Waals surface area contributed by atoms with Crippen LogP contribution in [0.3, 0.4) is 0 Å². The van der Waals surface area contributed by atoms with Crippen LogP contribution in [0.2, 0.25) is 0 Å². The second-order valence-corrected chi connectivity index (χ2v) is 13.0. The van der Waals surface area contributed by atoms with Crippen LogP contribution < -0.4 is 9.80 Å². The van der Waals surface area contributed by atoms with Gasteiger partial charge in [-0.05, 0) is 106 Å². The second-order valence-electron chi connectivity index (χ2n) is 13.0. The average molecular weight is 693 g/mol. The Labute approximate surface area is 318 Å². The maximum atomic E-state index is 2.30. The lowest BCUT2D eigenvalue weighted by molar-refractivity contribution is 1.28. The van der Waals surface area contributed by atoms with E-state index in [9.17, 15) is 0 Å². The first kappa shape index (κ1) is 34.0. The van der Waals surface area contributed by atoms with Gasteiger partial charge in [0.1, 0.15) is 0 Å². The Balaban J connectivity index is 1.19. The molecule has 8 aromatic rings. The number of rotatable bonds is 11.